The van der Waals surface area contributed by atoms with E-state index < -0.39 is 109 Å². The van der Waals surface area contributed by atoms with E-state index in [2.05, 4.69) is 5.32 Å². The van der Waals surface area contributed by atoms with Gasteiger partial charge in [0.05, 0.1) is 29.7 Å². The lowest BCUT2D eigenvalue weighted by atomic mass is 9.51. The molecule has 2 spiro atoms. The van der Waals surface area contributed by atoms with E-state index in [1.165, 1.54) is 55.6 Å². The molecule has 8 fully saturated rings. The number of ether oxygens (including phenoxy) is 1. The first-order valence-corrected chi connectivity index (χ1v) is 22.7. The highest BCUT2D eigenvalue weighted by Crippen LogP contribution is 2.79. The number of nitrogens with one attached hydrogen (secondary N) is 1. The van der Waals surface area contributed by atoms with Gasteiger partial charge < -0.3 is 35.0 Å². The third-order valence-electron chi connectivity index (χ3n) is 13.9. The number of amides is 4. The molecule has 14 nitrogen and oxygen atoms in total. The van der Waals surface area contributed by atoms with Crippen LogP contribution in [0.4, 0.5) is 10.1 Å². The van der Waals surface area contributed by atoms with Crippen LogP contribution < -0.4 is 5.32 Å². The predicted octanol–water partition coefficient (Wildman–Crippen LogP) is 2.84. The van der Waals surface area contributed by atoms with Crippen molar-refractivity contribution in [1.82, 2.24) is 19.6 Å². The summed E-state index contributed by atoms with van der Waals surface area (Å²) in [7, 11) is 7.56. The molecular weight excluding hydrogens is 806 g/mol. The molecule has 294 valence electrons. The van der Waals surface area contributed by atoms with E-state index in [-0.39, 0.29) is 24.8 Å². The highest BCUT2D eigenvalue weighted by Gasteiger charge is 2.93. The zero-order chi connectivity index (χ0) is 39.7. The molecule has 10 aliphatic rings. The Bertz CT molecular complexity index is 2260. The summed E-state index contributed by atoms with van der Waals surface area (Å²) >= 11 is 0. The van der Waals surface area contributed by atoms with Crippen molar-refractivity contribution < 1.29 is 48.1 Å². The van der Waals surface area contributed by atoms with E-state index in [0.717, 1.165) is 32.4 Å². The monoisotopic (exact) mass is 841 g/mol. The molecule has 9 aliphatic heterocycles. The van der Waals surface area contributed by atoms with Crippen molar-refractivity contribution >= 4 is 84.4 Å². The summed E-state index contributed by atoms with van der Waals surface area (Å²) in [5, 5.41) is 26.7. The van der Waals surface area contributed by atoms with Crippen LogP contribution in [0.15, 0.2) is 42.5 Å². The Morgan fingerprint density at radius 3 is 2.12 bits per heavy atom. The standard InChI is InChI=1S/C37H36FN5O9S4/c1-5-32-28(48)42-22-15-17-9-7-8-10-19(17)34(22,25(47)36(42,55-53-32)30(50)40(32)3)35-20-16-18(38)11-12-21(20)39-27(35)43-29(49)33(6-2)41(4)31(51)37(43,56-54-33)26(35)52-24(46)14-13-23(44)45/h7-12,16,22,25-27,39,47H,5-6,13-15H2,1-4H3,(H,44,45)/t22-,25-,26-,27+,32-,33-,34-,35+,36-,37-/m0/s1. The second kappa shape index (κ2) is 11.3. The van der Waals surface area contributed by atoms with Crippen LogP contribution in [0.2, 0.25) is 0 Å². The minimum atomic E-state index is -2.03. The summed E-state index contributed by atoms with van der Waals surface area (Å²) in [6.45, 7) is 3.60. The van der Waals surface area contributed by atoms with Crippen molar-refractivity contribution in [3.05, 3.63) is 65.0 Å². The molecule has 56 heavy (non-hydrogen) atoms. The quantitative estimate of drug-likeness (QED) is 0.274. The van der Waals surface area contributed by atoms with Gasteiger partial charge >= 0.3 is 11.9 Å². The fraction of sp³-hybridized carbons (Fsp3) is 0.514. The second-order valence-electron chi connectivity index (χ2n) is 15.6. The number of nitrogens with zero attached hydrogens (tertiary/aromatic N) is 4. The first-order valence-electron chi connectivity index (χ1n) is 18.4. The number of esters is 1. The van der Waals surface area contributed by atoms with Gasteiger partial charge in [-0.2, -0.15) is 0 Å². The smallest absolute Gasteiger partial charge is 0.306 e. The Balaban J connectivity index is 1.35. The number of rotatable bonds is 7. The van der Waals surface area contributed by atoms with Gasteiger partial charge in [0.2, 0.25) is 9.74 Å². The van der Waals surface area contributed by atoms with Gasteiger partial charge in [0, 0.05) is 19.8 Å². The Morgan fingerprint density at radius 1 is 0.839 bits per heavy atom. The topological polar surface area (TPSA) is 177 Å². The molecule has 12 rings (SSSR count). The van der Waals surface area contributed by atoms with Gasteiger partial charge in [-0.05, 0) is 75.7 Å². The lowest BCUT2D eigenvalue weighted by molar-refractivity contribution is -0.174. The molecule has 0 aromatic heterocycles. The molecule has 19 heteroatoms. The number of piperazine rings is 2. The van der Waals surface area contributed by atoms with E-state index in [0.29, 0.717) is 16.8 Å². The van der Waals surface area contributed by atoms with Crippen LogP contribution in [0.5, 0.6) is 0 Å². The van der Waals surface area contributed by atoms with E-state index in [1.807, 2.05) is 19.1 Å². The predicted molar refractivity (Wildman–Crippen MR) is 205 cm³/mol. The van der Waals surface area contributed by atoms with Crippen molar-refractivity contribution in [3.63, 3.8) is 0 Å². The number of aliphatic hydroxyl groups is 1. The van der Waals surface area contributed by atoms with Crippen LogP contribution in [-0.4, -0.2) is 123 Å². The summed E-state index contributed by atoms with van der Waals surface area (Å²) < 4.78 is 22.6. The molecule has 8 saturated heterocycles. The fourth-order valence-electron chi connectivity index (χ4n) is 11.5. The Labute approximate surface area is 335 Å². The summed E-state index contributed by atoms with van der Waals surface area (Å²) in [6.07, 6.45) is -5.41. The summed E-state index contributed by atoms with van der Waals surface area (Å²) in [4.78, 5) is 85.7. The van der Waals surface area contributed by atoms with Crippen LogP contribution in [0.3, 0.4) is 0 Å². The fourth-order valence-corrected chi connectivity index (χ4v) is 19.4. The zero-order valence-electron chi connectivity index (χ0n) is 30.4. The average Bonchev–Trinajstić information content (AvgIpc) is 3.84. The van der Waals surface area contributed by atoms with Crippen LogP contribution in [0.25, 0.3) is 0 Å². The zero-order valence-corrected chi connectivity index (χ0v) is 33.7. The van der Waals surface area contributed by atoms with E-state index in [1.54, 1.807) is 26.1 Å². The van der Waals surface area contributed by atoms with Crippen LogP contribution in [-0.2, 0) is 50.8 Å². The minimum Gasteiger partial charge on any atom is -0.481 e. The highest BCUT2D eigenvalue weighted by atomic mass is 33.1. The molecule has 0 radical (unpaired) electrons. The first kappa shape index (κ1) is 36.7. The molecule has 0 unspecified atom stereocenters. The van der Waals surface area contributed by atoms with Gasteiger partial charge in [-0.15, -0.1) is 0 Å². The maximum atomic E-state index is 16.1. The number of anilines is 1. The number of carboxylic acids is 1. The number of aliphatic hydroxyl groups excluding tert-OH is 1. The van der Waals surface area contributed by atoms with Crippen LogP contribution in [0, 0.1) is 5.82 Å². The number of fused-ring (bicyclic) bond motifs is 11. The Hall–Kier alpha value is -3.65. The number of carbonyl (C=O) groups excluding carboxylic acids is 5. The lowest BCUT2D eigenvalue weighted by Crippen LogP contribution is -2.78. The summed E-state index contributed by atoms with van der Waals surface area (Å²) in [6, 6.07) is 10.2. The van der Waals surface area contributed by atoms with E-state index in [4.69, 9.17) is 4.74 Å². The van der Waals surface area contributed by atoms with Gasteiger partial charge in [0.25, 0.3) is 23.6 Å². The molecule has 9 heterocycles. The number of hydrogen-bond acceptors (Lipinski definition) is 13. The molecule has 4 bridgehead atoms. The van der Waals surface area contributed by atoms with Crippen molar-refractivity contribution in [1.29, 1.82) is 0 Å². The molecule has 4 amide bonds. The number of likely N-dealkylation sites (N-methyl/N-ethyl adjacent to an activating group) is 2. The number of benzene rings is 2. The van der Waals surface area contributed by atoms with Crippen molar-refractivity contribution in [3.8, 4) is 0 Å². The van der Waals surface area contributed by atoms with Gasteiger partial charge in [0.15, 0.2) is 15.8 Å². The molecule has 1 aliphatic carbocycles. The molecule has 10 atom stereocenters. The van der Waals surface area contributed by atoms with Crippen molar-refractivity contribution in [2.24, 2.45) is 0 Å². The molecule has 3 N–H and O–H groups in total. The van der Waals surface area contributed by atoms with Crippen LogP contribution in [0.1, 0.15) is 56.2 Å². The van der Waals surface area contributed by atoms with Gasteiger partial charge in [-0.25, -0.2) is 4.39 Å². The van der Waals surface area contributed by atoms with Gasteiger partial charge in [-0.1, -0.05) is 59.7 Å². The lowest BCUT2D eigenvalue weighted by Gasteiger charge is -2.59. The number of aliphatic carboxylic acids is 1. The van der Waals surface area contributed by atoms with Crippen molar-refractivity contribution in [2.45, 2.75) is 101 Å². The number of carboxylic acid groups (broad SMARTS) is 1. The SMILES string of the molecule is CC[C@@]12SS[C@]3(C(=O)N1C)[C@@H](O)[C@]1([C@@]45c6cc(F)ccc6N[C@@H]4N4C(=O)[C@]6(CC)SS[C@]4(C(=O)N6C)[C@H]5OC(=O)CCC(=O)O)c4ccccc4C[C@@H]1N3C2=O. The largest absolute Gasteiger partial charge is 0.481 e. The minimum absolute atomic E-state index is 0.136. The molecule has 0 saturated carbocycles. The molecule has 2 aromatic rings. The molecule has 2 aromatic carbocycles. The third kappa shape index (κ3) is 3.53. The van der Waals surface area contributed by atoms with Gasteiger partial charge in [-0.3, -0.25) is 33.7 Å². The number of halogens is 1. The molecular formula is C37H36FN5O9S4. The average molecular weight is 842 g/mol. The highest BCUT2D eigenvalue weighted by molar-refractivity contribution is 8.78. The van der Waals surface area contributed by atoms with Crippen LogP contribution >= 0.6 is 43.2 Å². The number of hydrogen-bond donors (Lipinski definition) is 3. The van der Waals surface area contributed by atoms with E-state index >= 15 is 23.6 Å². The Morgan fingerprint density at radius 2 is 1.46 bits per heavy atom. The maximum Gasteiger partial charge on any atom is 0.306 e. The summed E-state index contributed by atoms with van der Waals surface area (Å²) in [5.74, 6) is -4.90. The van der Waals surface area contributed by atoms with Gasteiger partial charge in [0.1, 0.15) is 18.1 Å². The second-order valence-corrected chi connectivity index (χ2v) is 20.9. The maximum absolute atomic E-state index is 16.1. The van der Waals surface area contributed by atoms with Crippen molar-refractivity contribution in [2.75, 3.05) is 19.4 Å². The summed E-state index contributed by atoms with van der Waals surface area (Å²) in [5.41, 5.74) is -2.10. The number of carbonyl (C=O) groups is 6. The van der Waals surface area contributed by atoms with E-state index in [9.17, 15) is 19.8 Å². The normalized spacial score (nSPS) is 40.7. The Kier molecular flexibility index (Phi) is 7.40. The first-order chi connectivity index (χ1) is 26.6. The third-order valence-corrected chi connectivity index (χ3v) is 21.4.